The van der Waals surface area contributed by atoms with E-state index in [-0.39, 0.29) is 23.9 Å². The van der Waals surface area contributed by atoms with Crippen LogP contribution in [0.5, 0.6) is 0 Å². The predicted octanol–water partition coefficient (Wildman–Crippen LogP) is 4.24. The zero-order valence-corrected chi connectivity index (χ0v) is 14.5. The molecule has 1 amide bonds. The third kappa shape index (κ3) is 2.65. The maximum atomic E-state index is 14.3. The number of amides is 1. The number of carbonyl (C=O) groups is 2. The standard InChI is InChI=1S/C18H13FN2O2S2/c19-11-5-2-1-4-9(11)10-8-13(22)21-18-14(10)15(20)17(25-18)16(23)12-6-3-7-24-12/h1-7,10H,8,20H2,(H,21,22)/t10-/m1/s1. The van der Waals surface area contributed by atoms with Gasteiger partial charge in [0.25, 0.3) is 0 Å². The molecule has 1 aliphatic heterocycles. The lowest BCUT2D eigenvalue weighted by atomic mass is 9.86. The van der Waals surface area contributed by atoms with Crippen LogP contribution < -0.4 is 11.1 Å². The molecule has 4 nitrogen and oxygen atoms in total. The van der Waals surface area contributed by atoms with E-state index in [0.29, 0.717) is 31.6 Å². The van der Waals surface area contributed by atoms with Gasteiger partial charge in [-0.15, -0.1) is 22.7 Å². The van der Waals surface area contributed by atoms with Crippen LogP contribution in [0.2, 0.25) is 0 Å². The Bertz CT molecular complexity index is 979. The second-order valence-electron chi connectivity index (χ2n) is 5.72. The molecule has 1 atom stereocenters. The molecule has 3 heterocycles. The maximum Gasteiger partial charge on any atom is 0.225 e. The fraction of sp³-hybridized carbons (Fsp3) is 0.111. The highest BCUT2D eigenvalue weighted by atomic mass is 32.1. The first-order valence-electron chi connectivity index (χ1n) is 7.61. The van der Waals surface area contributed by atoms with E-state index < -0.39 is 5.92 Å². The quantitative estimate of drug-likeness (QED) is 0.676. The molecule has 0 fully saturated rings. The summed E-state index contributed by atoms with van der Waals surface area (Å²) >= 11 is 2.49. The average Bonchev–Trinajstić information content (AvgIpc) is 3.23. The van der Waals surface area contributed by atoms with Gasteiger partial charge in [-0.25, -0.2) is 4.39 Å². The van der Waals surface area contributed by atoms with Crippen molar-refractivity contribution in [3.8, 4) is 0 Å². The molecule has 1 aliphatic rings. The Balaban J connectivity index is 1.85. The van der Waals surface area contributed by atoms with Crippen LogP contribution in [0.3, 0.4) is 0 Å². The Labute approximate surface area is 151 Å². The summed E-state index contributed by atoms with van der Waals surface area (Å²) in [4.78, 5) is 25.7. The van der Waals surface area contributed by atoms with Crippen molar-refractivity contribution in [2.45, 2.75) is 12.3 Å². The largest absolute Gasteiger partial charge is 0.397 e. The van der Waals surface area contributed by atoms with Gasteiger partial charge in [-0.2, -0.15) is 0 Å². The van der Waals surface area contributed by atoms with E-state index >= 15 is 0 Å². The molecule has 0 bridgehead atoms. The summed E-state index contributed by atoms with van der Waals surface area (Å²) < 4.78 is 14.3. The van der Waals surface area contributed by atoms with Crippen LogP contribution in [-0.4, -0.2) is 11.7 Å². The molecule has 3 N–H and O–H groups in total. The Morgan fingerprint density at radius 2 is 2.04 bits per heavy atom. The minimum atomic E-state index is -0.494. The summed E-state index contributed by atoms with van der Waals surface area (Å²) in [6.07, 6.45) is 0.0987. The zero-order chi connectivity index (χ0) is 17.6. The van der Waals surface area contributed by atoms with Crippen LogP contribution in [0.1, 0.15) is 38.0 Å². The third-order valence-corrected chi connectivity index (χ3v) is 6.21. The fourth-order valence-corrected chi connectivity index (χ4v) is 4.96. The molecule has 4 rings (SSSR count). The smallest absolute Gasteiger partial charge is 0.225 e. The normalized spacial score (nSPS) is 16.4. The van der Waals surface area contributed by atoms with Gasteiger partial charge < -0.3 is 11.1 Å². The molecule has 0 radical (unpaired) electrons. The minimum absolute atomic E-state index is 0.0987. The molecule has 0 saturated heterocycles. The molecule has 3 aromatic rings. The molecule has 7 heteroatoms. The predicted molar refractivity (Wildman–Crippen MR) is 98.0 cm³/mol. The van der Waals surface area contributed by atoms with E-state index in [9.17, 15) is 14.0 Å². The van der Waals surface area contributed by atoms with Crippen LogP contribution in [0.4, 0.5) is 15.1 Å². The molecular weight excluding hydrogens is 359 g/mol. The molecule has 2 aromatic heterocycles. The number of anilines is 2. The summed E-state index contributed by atoms with van der Waals surface area (Å²) in [5.41, 5.74) is 7.65. The molecule has 126 valence electrons. The Morgan fingerprint density at radius 3 is 2.76 bits per heavy atom. The lowest BCUT2D eigenvalue weighted by Gasteiger charge is -2.24. The van der Waals surface area contributed by atoms with Crippen molar-refractivity contribution in [1.29, 1.82) is 0 Å². The molecule has 0 spiro atoms. The van der Waals surface area contributed by atoms with Gasteiger partial charge in [0.2, 0.25) is 11.7 Å². The highest BCUT2D eigenvalue weighted by Gasteiger charge is 2.34. The molecule has 0 aliphatic carbocycles. The molecule has 0 saturated carbocycles. The van der Waals surface area contributed by atoms with Gasteiger partial charge in [0.1, 0.15) is 15.7 Å². The number of ketones is 1. The Kier molecular flexibility index (Phi) is 3.89. The monoisotopic (exact) mass is 372 g/mol. The topological polar surface area (TPSA) is 72.2 Å². The number of nitrogen functional groups attached to an aromatic ring is 1. The SMILES string of the molecule is Nc1c(C(=O)c2cccs2)sc2c1[C@@H](c1ccccc1F)CC(=O)N2. The summed E-state index contributed by atoms with van der Waals surface area (Å²) in [6.45, 7) is 0. The van der Waals surface area contributed by atoms with Crippen molar-refractivity contribution in [3.05, 3.63) is 68.5 Å². The number of hydrogen-bond acceptors (Lipinski definition) is 5. The number of carbonyl (C=O) groups excluding carboxylic acids is 2. The number of rotatable bonds is 3. The maximum absolute atomic E-state index is 14.3. The highest BCUT2D eigenvalue weighted by molar-refractivity contribution is 7.20. The third-order valence-electron chi connectivity index (χ3n) is 4.21. The van der Waals surface area contributed by atoms with Crippen LogP contribution in [0.15, 0.2) is 41.8 Å². The molecular formula is C18H13FN2O2S2. The van der Waals surface area contributed by atoms with Gasteiger partial charge in [-0.05, 0) is 23.1 Å². The number of thiophene rings is 2. The first kappa shape index (κ1) is 16.0. The fourth-order valence-electron chi connectivity index (χ4n) is 3.07. The van der Waals surface area contributed by atoms with Crippen LogP contribution >= 0.6 is 22.7 Å². The van der Waals surface area contributed by atoms with Crippen molar-refractivity contribution in [3.63, 3.8) is 0 Å². The number of nitrogens with one attached hydrogen (secondary N) is 1. The van der Waals surface area contributed by atoms with E-state index in [4.69, 9.17) is 5.73 Å². The molecule has 1 aromatic carbocycles. The van der Waals surface area contributed by atoms with Crippen LogP contribution in [0.25, 0.3) is 0 Å². The zero-order valence-electron chi connectivity index (χ0n) is 12.9. The Morgan fingerprint density at radius 1 is 1.24 bits per heavy atom. The molecule has 0 unspecified atom stereocenters. The summed E-state index contributed by atoms with van der Waals surface area (Å²) in [6, 6.07) is 9.88. The van der Waals surface area contributed by atoms with Crippen LogP contribution in [0, 0.1) is 5.82 Å². The van der Waals surface area contributed by atoms with Gasteiger partial charge >= 0.3 is 0 Å². The first-order chi connectivity index (χ1) is 12.1. The van der Waals surface area contributed by atoms with Gasteiger partial charge in [-0.1, -0.05) is 24.3 Å². The van der Waals surface area contributed by atoms with Crippen molar-refractivity contribution >= 4 is 45.1 Å². The summed E-state index contributed by atoms with van der Waals surface area (Å²) in [5, 5.41) is 5.12. The van der Waals surface area contributed by atoms with Gasteiger partial charge in [-0.3, -0.25) is 9.59 Å². The second kappa shape index (κ2) is 6.09. The van der Waals surface area contributed by atoms with E-state index in [0.717, 1.165) is 11.3 Å². The minimum Gasteiger partial charge on any atom is -0.397 e. The Hall–Kier alpha value is -2.51. The van der Waals surface area contributed by atoms with Crippen LogP contribution in [-0.2, 0) is 4.79 Å². The molecule has 25 heavy (non-hydrogen) atoms. The lowest BCUT2D eigenvalue weighted by Crippen LogP contribution is -2.23. The number of nitrogens with two attached hydrogens (primary N) is 1. The number of benzene rings is 1. The summed E-state index contributed by atoms with van der Waals surface area (Å²) in [7, 11) is 0. The van der Waals surface area contributed by atoms with Crippen molar-refractivity contribution < 1.29 is 14.0 Å². The second-order valence-corrected chi connectivity index (χ2v) is 7.69. The summed E-state index contributed by atoms with van der Waals surface area (Å²) in [5.74, 6) is -1.26. The lowest BCUT2D eigenvalue weighted by molar-refractivity contribution is -0.116. The van der Waals surface area contributed by atoms with Crippen molar-refractivity contribution in [2.75, 3.05) is 11.1 Å². The van der Waals surface area contributed by atoms with Gasteiger partial charge in [0.05, 0.1) is 10.6 Å². The van der Waals surface area contributed by atoms with Gasteiger partial charge in [0, 0.05) is 17.9 Å². The van der Waals surface area contributed by atoms with E-state index in [2.05, 4.69) is 5.32 Å². The number of hydrogen-bond donors (Lipinski definition) is 2. The van der Waals surface area contributed by atoms with E-state index in [1.165, 1.54) is 17.4 Å². The average molecular weight is 372 g/mol. The van der Waals surface area contributed by atoms with Crippen molar-refractivity contribution in [2.24, 2.45) is 0 Å². The van der Waals surface area contributed by atoms with Crippen molar-refractivity contribution in [1.82, 2.24) is 0 Å². The highest BCUT2D eigenvalue weighted by Crippen LogP contribution is 2.48. The first-order valence-corrected chi connectivity index (χ1v) is 9.30. The number of halogens is 1. The number of fused-ring (bicyclic) bond motifs is 1. The van der Waals surface area contributed by atoms with Gasteiger partial charge in [0.15, 0.2) is 0 Å². The van der Waals surface area contributed by atoms with E-state index in [1.807, 2.05) is 5.38 Å². The van der Waals surface area contributed by atoms with E-state index in [1.54, 1.807) is 30.3 Å².